The minimum atomic E-state index is -0.585. The third-order valence-electron chi connectivity index (χ3n) is 5.73. The fraction of sp³-hybridized carbons (Fsp3) is 0.259. The highest BCUT2D eigenvalue weighted by molar-refractivity contribution is 5.97. The molecule has 1 unspecified atom stereocenters. The third kappa shape index (κ3) is 5.91. The SMILES string of the molecule is Cc1noc(C#Cc2ccc3c(c2)CC(C2CC2)=N3)c1NC(=O)OC(C)c1ccccc1.O=C=O. The van der Waals surface area contributed by atoms with Gasteiger partial charge in [-0.15, -0.1) is 0 Å². The molecule has 1 aliphatic carbocycles. The molecule has 0 radical (unpaired) electrons. The third-order valence-corrected chi connectivity index (χ3v) is 5.73. The lowest BCUT2D eigenvalue weighted by Gasteiger charge is -2.13. The number of carbonyl (C=O) groups is 1. The second kappa shape index (κ2) is 10.6. The first-order valence-electron chi connectivity index (χ1n) is 11.2. The zero-order chi connectivity index (χ0) is 24.8. The van der Waals surface area contributed by atoms with Crippen molar-refractivity contribution in [2.45, 2.75) is 39.2 Å². The van der Waals surface area contributed by atoms with Crippen molar-refractivity contribution in [1.29, 1.82) is 0 Å². The monoisotopic (exact) mass is 469 g/mol. The van der Waals surface area contributed by atoms with E-state index in [0.29, 0.717) is 23.1 Å². The van der Waals surface area contributed by atoms with Crippen LogP contribution < -0.4 is 5.32 Å². The van der Waals surface area contributed by atoms with Crippen molar-refractivity contribution in [3.8, 4) is 11.8 Å². The van der Waals surface area contributed by atoms with Crippen molar-refractivity contribution in [1.82, 2.24) is 5.16 Å². The number of hydrogen-bond acceptors (Lipinski definition) is 7. The number of aryl methyl sites for hydroxylation is 1. The van der Waals surface area contributed by atoms with Crippen LogP contribution in [0.5, 0.6) is 0 Å². The molecule has 1 fully saturated rings. The molecule has 8 heteroatoms. The van der Waals surface area contributed by atoms with Gasteiger partial charge in [-0.25, -0.2) is 4.79 Å². The molecule has 0 saturated heterocycles. The summed E-state index contributed by atoms with van der Waals surface area (Å²) in [5.41, 5.74) is 6.30. The van der Waals surface area contributed by atoms with Crippen LogP contribution >= 0.6 is 0 Å². The molecule has 0 spiro atoms. The smallest absolute Gasteiger partial charge is 0.412 e. The Kier molecular flexibility index (Phi) is 7.20. The van der Waals surface area contributed by atoms with Gasteiger partial charge < -0.3 is 9.26 Å². The summed E-state index contributed by atoms with van der Waals surface area (Å²) in [4.78, 5) is 33.4. The number of anilines is 1. The minimum Gasteiger partial charge on any atom is -0.441 e. The Morgan fingerprint density at radius 3 is 2.60 bits per heavy atom. The maximum atomic E-state index is 12.4. The molecule has 1 saturated carbocycles. The summed E-state index contributed by atoms with van der Waals surface area (Å²) in [6, 6.07) is 15.6. The standard InChI is InChI=1S/C26H23N3O3.CO2/c1-16-25(28-26(30)31-17(2)19-6-4-3-5-7-19)24(32-29-16)13-9-18-8-12-22-21(14-18)15-23(27-22)20-10-11-20;2-1-3/h3-8,12,14,17,20H,10-11,15H2,1-2H3,(H,28,30);. The van der Waals surface area contributed by atoms with Crippen LogP contribution in [0.25, 0.3) is 0 Å². The van der Waals surface area contributed by atoms with Gasteiger partial charge in [0.15, 0.2) is 0 Å². The van der Waals surface area contributed by atoms with E-state index in [1.54, 1.807) is 6.92 Å². The number of nitrogens with one attached hydrogen (secondary N) is 1. The number of nitrogens with zero attached hydrogens (tertiary/aromatic N) is 2. The topological polar surface area (TPSA) is 111 Å². The maximum Gasteiger partial charge on any atom is 0.412 e. The lowest BCUT2D eigenvalue weighted by Crippen LogP contribution is -2.16. The number of carbonyl (C=O) groups excluding carboxylic acids is 3. The molecule has 1 aliphatic heterocycles. The van der Waals surface area contributed by atoms with Gasteiger partial charge >= 0.3 is 12.2 Å². The van der Waals surface area contributed by atoms with Crippen LogP contribution in [0.15, 0.2) is 58.0 Å². The van der Waals surface area contributed by atoms with Crippen LogP contribution in [-0.4, -0.2) is 23.1 Å². The molecular weight excluding hydrogens is 446 g/mol. The molecule has 1 N–H and O–H groups in total. The number of aliphatic imine (C=N–C) groups is 1. The highest BCUT2D eigenvalue weighted by atomic mass is 16.6. The van der Waals surface area contributed by atoms with Gasteiger partial charge in [0.05, 0.1) is 5.69 Å². The fourth-order valence-corrected chi connectivity index (χ4v) is 3.77. The zero-order valence-electron chi connectivity index (χ0n) is 19.3. The Bertz CT molecular complexity index is 1350. The Balaban J connectivity index is 0.000000917. The molecule has 35 heavy (non-hydrogen) atoms. The summed E-state index contributed by atoms with van der Waals surface area (Å²) in [5.74, 6) is 7.08. The van der Waals surface area contributed by atoms with Gasteiger partial charge in [-0.3, -0.25) is 10.3 Å². The van der Waals surface area contributed by atoms with E-state index >= 15 is 0 Å². The number of benzene rings is 2. The van der Waals surface area contributed by atoms with E-state index in [4.69, 9.17) is 23.8 Å². The molecule has 8 nitrogen and oxygen atoms in total. The van der Waals surface area contributed by atoms with Crippen LogP contribution in [0.2, 0.25) is 0 Å². The van der Waals surface area contributed by atoms with E-state index in [2.05, 4.69) is 28.4 Å². The molecule has 2 aliphatic rings. The van der Waals surface area contributed by atoms with Crippen molar-refractivity contribution in [3.63, 3.8) is 0 Å². The van der Waals surface area contributed by atoms with Crippen LogP contribution in [0.1, 0.15) is 54.0 Å². The molecule has 3 aromatic rings. The summed E-state index contributed by atoms with van der Waals surface area (Å²) in [6.45, 7) is 3.57. The Hall–Kier alpha value is -4.47. The summed E-state index contributed by atoms with van der Waals surface area (Å²) in [6.07, 6.45) is 2.70. The molecular formula is C27H23N3O5. The number of aromatic nitrogens is 1. The quantitative estimate of drug-likeness (QED) is 0.529. The number of amides is 1. The Labute approximate surface area is 202 Å². The van der Waals surface area contributed by atoms with Crippen LogP contribution in [0, 0.1) is 24.7 Å². The van der Waals surface area contributed by atoms with E-state index in [0.717, 1.165) is 23.2 Å². The van der Waals surface area contributed by atoms with Crippen molar-refractivity contribution in [2.24, 2.45) is 10.9 Å². The van der Waals surface area contributed by atoms with E-state index in [9.17, 15) is 4.79 Å². The van der Waals surface area contributed by atoms with E-state index < -0.39 is 6.09 Å². The van der Waals surface area contributed by atoms with Gasteiger partial charge in [-0.05, 0) is 67.9 Å². The highest BCUT2D eigenvalue weighted by Gasteiger charge is 2.30. The first-order valence-corrected chi connectivity index (χ1v) is 11.2. The van der Waals surface area contributed by atoms with E-state index in [-0.39, 0.29) is 12.3 Å². The highest BCUT2D eigenvalue weighted by Crippen LogP contribution is 2.38. The number of rotatable bonds is 4. The lowest BCUT2D eigenvalue weighted by atomic mass is 10.0. The summed E-state index contributed by atoms with van der Waals surface area (Å²) < 4.78 is 10.8. The summed E-state index contributed by atoms with van der Waals surface area (Å²) in [7, 11) is 0. The first kappa shape index (κ1) is 23.7. The molecule has 1 amide bonds. The first-order chi connectivity index (χ1) is 17.0. The van der Waals surface area contributed by atoms with Crippen molar-refractivity contribution in [3.05, 3.63) is 76.7 Å². The second-order valence-corrected chi connectivity index (χ2v) is 8.29. The van der Waals surface area contributed by atoms with Crippen LogP contribution in [0.4, 0.5) is 16.2 Å². The van der Waals surface area contributed by atoms with Gasteiger partial charge in [-0.2, -0.15) is 9.59 Å². The van der Waals surface area contributed by atoms with Gasteiger partial charge in [0.2, 0.25) is 5.76 Å². The van der Waals surface area contributed by atoms with Gasteiger partial charge in [0.1, 0.15) is 17.5 Å². The molecule has 2 heterocycles. The molecule has 176 valence electrons. The lowest BCUT2D eigenvalue weighted by molar-refractivity contribution is -0.191. The molecule has 5 rings (SSSR count). The fourth-order valence-electron chi connectivity index (χ4n) is 3.77. The average Bonchev–Trinajstić information content (AvgIpc) is 3.54. The van der Waals surface area contributed by atoms with Crippen molar-refractivity contribution < 1.29 is 23.6 Å². The predicted molar refractivity (Wildman–Crippen MR) is 127 cm³/mol. The number of ether oxygens (including phenoxy) is 1. The summed E-state index contributed by atoms with van der Waals surface area (Å²) >= 11 is 0. The van der Waals surface area contributed by atoms with Gasteiger partial charge in [0.25, 0.3) is 0 Å². The zero-order valence-corrected chi connectivity index (χ0v) is 19.3. The van der Waals surface area contributed by atoms with Crippen molar-refractivity contribution in [2.75, 3.05) is 5.32 Å². The van der Waals surface area contributed by atoms with E-state index in [1.165, 1.54) is 24.1 Å². The number of hydrogen-bond donors (Lipinski definition) is 1. The molecule has 1 atom stereocenters. The Morgan fingerprint density at radius 1 is 1.14 bits per heavy atom. The maximum absolute atomic E-state index is 12.4. The van der Waals surface area contributed by atoms with Crippen LogP contribution in [-0.2, 0) is 20.7 Å². The van der Waals surface area contributed by atoms with Crippen molar-refractivity contribution >= 4 is 29.3 Å². The number of fused-ring (bicyclic) bond motifs is 1. The normalized spacial score (nSPS) is 14.2. The van der Waals surface area contributed by atoms with Gasteiger partial charge in [0, 0.05) is 17.7 Å². The van der Waals surface area contributed by atoms with Gasteiger partial charge in [-0.1, -0.05) is 41.4 Å². The molecule has 1 aromatic heterocycles. The molecule has 0 bridgehead atoms. The summed E-state index contributed by atoms with van der Waals surface area (Å²) in [5, 5.41) is 6.67. The van der Waals surface area contributed by atoms with Crippen LogP contribution in [0.3, 0.4) is 0 Å². The van der Waals surface area contributed by atoms with E-state index in [1.807, 2.05) is 49.4 Å². The Morgan fingerprint density at radius 2 is 1.89 bits per heavy atom. The average molecular weight is 469 g/mol. The predicted octanol–water partition coefficient (Wildman–Crippen LogP) is 5.15. The minimum absolute atomic E-state index is 0.250. The largest absolute Gasteiger partial charge is 0.441 e. The second-order valence-electron chi connectivity index (χ2n) is 8.29. The molecule has 2 aromatic carbocycles.